The lowest BCUT2D eigenvalue weighted by Crippen LogP contribution is -2.23. The smallest absolute Gasteiger partial charge is 0.217 e. The normalized spacial score (nSPS) is 11.7. The Morgan fingerprint density at radius 1 is 1.50 bits per heavy atom. The molecule has 0 aliphatic rings. The topological polar surface area (TPSA) is 106 Å². The first-order chi connectivity index (χ1) is 10.4. The van der Waals surface area contributed by atoms with Gasteiger partial charge in [0.1, 0.15) is 11.5 Å². The lowest BCUT2D eigenvalue weighted by molar-refractivity contribution is -0.119. The van der Waals surface area contributed by atoms with Gasteiger partial charge in [-0.15, -0.1) is 11.3 Å². The summed E-state index contributed by atoms with van der Waals surface area (Å²) in [5, 5.41) is 8.14. The Morgan fingerprint density at radius 2 is 2.27 bits per heavy atom. The molecular weight excluding hydrogens is 302 g/mol. The maximum atomic E-state index is 10.9. The average Bonchev–Trinajstić information content (AvgIpc) is 3.03. The van der Waals surface area contributed by atoms with Crippen LogP contribution in [-0.4, -0.2) is 22.9 Å². The molecule has 0 bridgehead atoms. The maximum Gasteiger partial charge on any atom is 0.217 e. The first kappa shape index (κ1) is 16.0. The fraction of sp³-hybridized carbons (Fsp3) is 0.357. The van der Waals surface area contributed by atoms with E-state index in [-0.39, 0.29) is 11.9 Å². The van der Waals surface area contributed by atoms with Crippen LogP contribution in [0, 0.1) is 0 Å². The van der Waals surface area contributed by atoms with Gasteiger partial charge in [-0.3, -0.25) is 9.79 Å². The number of nitrogens with one attached hydrogen (secondary N) is 2. The summed E-state index contributed by atoms with van der Waals surface area (Å²) in [5.74, 6) is 1.55. The fourth-order valence-corrected chi connectivity index (χ4v) is 2.39. The van der Waals surface area contributed by atoms with Crippen LogP contribution in [0.3, 0.4) is 0 Å². The third kappa shape index (κ3) is 4.59. The molecule has 118 valence electrons. The Balaban J connectivity index is 2.03. The van der Waals surface area contributed by atoms with E-state index in [0.29, 0.717) is 34.9 Å². The van der Waals surface area contributed by atoms with Crippen molar-refractivity contribution >= 4 is 28.3 Å². The Hall–Kier alpha value is -2.35. The molecule has 2 heterocycles. The van der Waals surface area contributed by atoms with E-state index in [1.54, 1.807) is 0 Å². The predicted molar refractivity (Wildman–Crippen MR) is 87.7 cm³/mol. The molecule has 0 saturated carbocycles. The number of thiazole rings is 1. The minimum Gasteiger partial charge on any atom is -0.458 e. The van der Waals surface area contributed by atoms with Gasteiger partial charge in [0.25, 0.3) is 0 Å². The van der Waals surface area contributed by atoms with Crippen molar-refractivity contribution in [2.24, 2.45) is 10.7 Å². The zero-order chi connectivity index (χ0) is 16.1. The van der Waals surface area contributed by atoms with Crippen molar-refractivity contribution in [2.75, 3.05) is 5.32 Å². The summed E-state index contributed by atoms with van der Waals surface area (Å²) < 4.78 is 5.64. The monoisotopic (exact) mass is 321 g/mol. The SMILES string of the molecule is CC(=O)NCc1ccc(-c2csc(NC(N)=NC(C)C)n2)o1. The molecule has 2 aromatic rings. The summed E-state index contributed by atoms with van der Waals surface area (Å²) in [5.41, 5.74) is 6.48. The molecule has 0 aliphatic heterocycles. The summed E-state index contributed by atoms with van der Waals surface area (Å²) in [6, 6.07) is 3.75. The second-order valence-electron chi connectivity index (χ2n) is 4.95. The molecule has 0 fully saturated rings. The van der Waals surface area contributed by atoms with Gasteiger partial charge in [-0.1, -0.05) is 0 Å². The van der Waals surface area contributed by atoms with Crippen LogP contribution in [0.25, 0.3) is 11.5 Å². The predicted octanol–water partition coefficient (Wildman–Crippen LogP) is 2.17. The summed E-state index contributed by atoms with van der Waals surface area (Å²) in [6.07, 6.45) is 0. The van der Waals surface area contributed by atoms with E-state index in [0.717, 1.165) is 0 Å². The Kier molecular flexibility index (Phi) is 5.16. The molecule has 8 heteroatoms. The van der Waals surface area contributed by atoms with Gasteiger partial charge in [0.2, 0.25) is 5.91 Å². The lowest BCUT2D eigenvalue weighted by Gasteiger charge is -2.02. The summed E-state index contributed by atoms with van der Waals surface area (Å²) >= 11 is 1.41. The molecule has 0 aromatic carbocycles. The van der Waals surface area contributed by atoms with Crippen LogP contribution < -0.4 is 16.4 Å². The number of nitrogens with two attached hydrogens (primary N) is 1. The number of hydrogen-bond donors (Lipinski definition) is 3. The van der Waals surface area contributed by atoms with Gasteiger partial charge in [-0.05, 0) is 26.0 Å². The van der Waals surface area contributed by atoms with E-state index in [2.05, 4.69) is 20.6 Å². The summed E-state index contributed by atoms with van der Waals surface area (Å²) in [4.78, 5) is 19.5. The molecule has 0 radical (unpaired) electrons. The molecule has 0 spiro atoms. The highest BCUT2D eigenvalue weighted by atomic mass is 32.1. The number of aromatic nitrogens is 1. The Morgan fingerprint density at radius 3 is 2.95 bits per heavy atom. The number of guanidine groups is 1. The highest BCUT2D eigenvalue weighted by Crippen LogP contribution is 2.26. The number of rotatable bonds is 5. The Bertz CT molecular complexity index is 674. The number of furan rings is 1. The number of aliphatic imine (C=N–C) groups is 1. The van der Waals surface area contributed by atoms with Crippen LogP contribution in [0.1, 0.15) is 26.5 Å². The number of hydrogen-bond acceptors (Lipinski definition) is 5. The third-order valence-electron chi connectivity index (χ3n) is 2.56. The first-order valence-corrected chi connectivity index (χ1v) is 7.71. The van der Waals surface area contributed by atoms with Crippen molar-refractivity contribution in [1.82, 2.24) is 10.3 Å². The van der Waals surface area contributed by atoms with Crippen molar-refractivity contribution in [3.05, 3.63) is 23.3 Å². The van der Waals surface area contributed by atoms with Gasteiger partial charge in [0, 0.05) is 18.3 Å². The van der Waals surface area contributed by atoms with Gasteiger partial charge in [-0.2, -0.15) is 0 Å². The van der Waals surface area contributed by atoms with E-state index >= 15 is 0 Å². The quantitative estimate of drug-likeness (QED) is 0.578. The molecule has 1 amide bonds. The molecule has 2 rings (SSSR count). The maximum absolute atomic E-state index is 10.9. The van der Waals surface area contributed by atoms with E-state index < -0.39 is 0 Å². The zero-order valence-electron chi connectivity index (χ0n) is 12.7. The van der Waals surface area contributed by atoms with Crippen molar-refractivity contribution in [3.63, 3.8) is 0 Å². The number of carbonyl (C=O) groups excluding carboxylic acids is 1. The molecule has 22 heavy (non-hydrogen) atoms. The largest absolute Gasteiger partial charge is 0.458 e. The van der Waals surface area contributed by atoms with Crippen molar-refractivity contribution in [2.45, 2.75) is 33.4 Å². The second kappa shape index (κ2) is 7.08. The van der Waals surface area contributed by atoms with Crippen LogP contribution in [0.15, 0.2) is 26.9 Å². The molecule has 4 N–H and O–H groups in total. The van der Waals surface area contributed by atoms with Crippen LogP contribution in [0.4, 0.5) is 5.13 Å². The van der Waals surface area contributed by atoms with Crippen LogP contribution >= 0.6 is 11.3 Å². The molecule has 0 aliphatic carbocycles. The number of anilines is 1. The first-order valence-electron chi connectivity index (χ1n) is 6.83. The third-order valence-corrected chi connectivity index (χ3v) is 3.32. The highest BCUT2D eigenvalue weighted by molar-refractivity contribution is 7.14. The molecule has 0 saturated heterocycles. The van der Waals surface area contributed by atoms with Gasteiger partial charge in [0.05, 0.1) is 6.54 Å². The van der Waals surface area contributed by atoms with Crippen molar-refractivity contribution in [3.8, 4) is 11.5 Å². The number of amides is 1. The summed E-state index contributed by atoms with van der Waals surface area (Å²) in [6.45, 7) is 5.71. The van der Waals surface area contributed by atoms with Crippen LogP contribution in [0.5, 0.6) is 0 Å². The second-order valence-corrected chi connectivity index (χ2v) is 5.80. The van der Waals surface area contributed by atoms with E-state index in [1.165, 1.54) is 18.3 Å². The fourth-order valence-electron chi connectivity index (χ4n) is 1.69. The van der Waals surface area contributed by atoms with Crippen LogP contribution in [0.2, 0.25) is 0 Å². The standard InChI is InChI=1S/C14H19N5O2S/c1-8(2)17-13(15)19-14-18-11(7-22-14)12-5-4-10(21-12)6-16-9(3)20/h4-5,7-8H,6H2,1-3H3,(H,16,20)(H3,15,17,18,19). The highest BCUT2D eigenvalue weighted by Gasteiger charge is 2.10. The molecule has 2 aromatic heterocycles. The van der Waals surface area contributed by atoms with Crippen LogP contribution in [-0.2, 0) is 11.3 Å². The van der Waals surface area contributed by atoms with Gasteiger partial charge in [0.15, 0.2) is 16.9 Å². The Labute approximate surface area is 132 Å². The molecular formula is C14H19N5O2S. The van der Waals surface area contributed by atoms with E-state index in [4.69, 9.17) is 10.2 Å². The van der Waals surface area contributed by atoms with Crippen molar-refractivity contribution in [1.29, 1.82) is 0 Å². The van der Waals surface area contributed by atoms with Gasteiger partial charge in [-0.25, -0.2) is 4.98 Å². The number of nitrogens with zero attached hydrogens (tertiary/aromatic N) is 2. The zero-order valence-corrected chi connectivity index (χ0v) is 13.5. The average molecular weight is 321 g/mol. The van der Waals surface area contributed by atoms with Crippen molar-refractivity contribution < 1.29 is 9.21 Å². The minimum absolute atomic E-state index is 0.0991. The van der Waals surface area contributed by atoms with E-state index in [1.807, 2.05) is 31.4 Å². The molecule has 0 atom stereocenters. The summed E-state index contributed by atoms with van der Waals surface area (Å²) in [7, 11) is 0. The molecule has 7 nitrogen and oxygen atoms in total. The minimum atomic E-state index is -0.0991. The number of carbonyl (C=O) groups is 1. The lowest BCUT2D eigenvalue weighted by atomic mass is 10.3. The van der Waals surface area contributed by atoms with E-state index in [9.17, 15) is 4.79 Å². The molecule has 0 unspecified atom stereocenters. The van der Waals surface area contributed by atoms with Gasteiger partial charge >= 0.3 is 0 Å². The van der Waals surface area contributed by atoms with Gasteiger partial charge < -0.3 is 20.8 Å².